The van der Waals surface area contributed by atoms with Gasteiger partial charge in [0.15, 0.2) is 0 Å². The van der Waals surface area contributed by atoms with Crippen LogP contribution in [-0.2, 0) is 4.79 Å². The van der Waals surface area contributed by atoms with Crippen molar-refractivity contribution in [2.45, 2.75) is 70.8 Å². The predicted octanol–water partition coefficient (Wildman–Crippen LogP) is 2.32. The van der Waals surface area contributed by atoms with Gasteiger partial charge in [-0.05, 0) is 56.8 Å². The van der Waals surface area contributed by atoms with Gasteiger partial charge in [-0.1, -0.05) is 20.4 Å². The maximum atomic E-state index is 14.3. The maximum absolute atomic E-state index is 14.3. The van der Waals surface area contributed by atoms with Crippen LogP contribution in [0.2, 0.25) is 0 Å². The predicted molar refractivity (Wildman–Crippen MR) is 120 cm³/mol. The summed E-state index contributed by atoms with van der Waals surface area (Å²) in [7, 11) is 0. The highest BCUT2D eigenvalue weighted by Gasteiger charge is 2.33. The van der Waals surface area contributed by atoms with Crippen molar-refractivity contribution in [3.8, 4) is 5.95 Å². The van der Waals surface area contributed by atoms with Gasteiger partial charge in [-0.3, -0.25) is 4.79 Å². The van der Waals surface area contributed by atoms with Crippen molar-refractivity contribution in [2.75, 3.05) is 26.2 Å². The molecule has 8 nitrogen and oxygen atoms in total. The van der Waals surface area contributed by atoms with Gasteiger partial charge in [0.25, 0.3) is 11.9 Å². The zero-order chi connectivity index (χ0) is 24.6. The van der Waals surface area contributed by atoms with Crippen LogP contribution in [0.4, 0.5) is 13.2 Å². The number of carbonyl (C=O) groups excluding carboxylic acids is 1. The maximum Gasteiger partial charge on any atom is 0.315 e. The van der Waals surface area contributed by atoms with Crippen LogP contribution >= 0.6 is 0 Å². The summed E-state index contributed by atoms with van der Waals surface area (Å²) in [6, 6.07) is 0.278. The van der Waals surface area contributed by atoms with Crippen LogP contribution in [0.25, 0.3) is 18.4 Å². The minimum absolute atomic E-state index is 0.0721. The van der Waals surface area contributed by atoms with E-state index in [1.54, 1.807) is 0 Å². The zero-order valence-electron chi connectivity index (χ0n) is 19.8. The van der Waals surface area contributed by atoms with E-state index in [1.807, 2.05) is 13.8 Å². The van der Waals surface area contributed by atoms with Crippen molar-refractivity contribution < 1.29 is 22.5 Å². The third-order valence-electron chi connectivity index (χ3n) is 6.87. The Bertz CT molecular complexity index is 1120. The van der Waals surface area contributed by atoms with Crippen LogP contribution in [0.5, 0.6) is 0 Å². The Hall–Kier alpha value is -2.69. The van der Waals surface area contributed by atoms with E-state index >= 15 is 0 Å². The molecule has 0 unspecified atom stereocenters. The molecule has 0 N–H and O–H groups in total. The van der Waals surface area contributed by atoms with Crippen LogP contribution in [0.3, 0.4) is 0 Å². The van der Waals surface area contributed by atoms with Crippen molar-refractivity contribution in [1.82, 2.24) is 29.7 Å². The summed E-state index contributed by atoms with van der Waals surface area (Å²) in [4.78, 5) is 19.6. The molecule has 2 fully saturated rings. The van der Waals surface area contributed by atoms with E-state index in [0.29, 0.717) is 42.7 Å². The first kappa shape index (κ1) is 24.4. The van der Waals surface area contributed by atoms with E-state index in [9.17, 15) is 18.0 Å². The Kier molecular flexibility index (Phi) is 7.11. The molecule has 2 aliphatic heterocycles. The Morgan fingerprint density at radius 3 is 2.32 bits per heavy atom. The molecule has 0 spiro atoms. The average molecular weight is 481 g/mol. The van der Waals surface area contributed by atoms with Crippen LogP contribution in [0, 0.1) is 0 Å². The molecule has 0 saturated carbocycles. The number of alkyl halides is 2. The number of aromatic nitrogens is 4. The second-order valence-corrected chi connectivity index (χ2v) is 9.41. The fourth-order valence-electron chi connectivity index (χ4n) is 5.01. The second kappa shape index (κ2) is 9.89. The van der Waals surface area contributed by atoms with E-state index in [0.717, 1.165) is 25.9 Å². The number of rotatable bonds is 5. The monoisotopic (exact) mass is 480 g/mol. The molecular weight excluding hydrogens is 449 g/mol. The van der Waals surface area contributed by atoms with Crippen molar-refractivity contribution in [3.63, 3.8) is 0 Å². The minimum Gasteiger partial charge on any atom is -0.338 e. The summed E-state index contributed by atoms with van der Waals surface area (Å²) < 4.78 is 46.5. The number of halogens is 3. The molecule has 0 aromatic carbocycles. The summed E-state index contributed by atoms with van der Waals surface area (Å²) in [5.41, 5.74) is 0.688. The van der Waals surface area contributed by atoms with Gasteiger partial charge in [0.05, 0.1) is 5.69 Å². The molecule has 1 amide bonds. The van der Waals surface area contributed by atoms with Gasteiger partial charge in [-0.25, -0.2) is 4.39 Å². The number of hydrogen-bond acceptors (Lipinski definition) is 6. The topological polar surface area (TPSA) is 80.3 Å². The lowest BCUT2D eigenvalue weighted by molar-refractivity contribution is -0.144. The normalized spacial score (nSPS) is 19.9. The zero-order valence-corrected chi connectivity index (χ0v) is 19.8. The van der Waals surface area contributed by atoms with E-state index in [2.05, 4.69) is 26.7 Å². The van der Waals surface area contributed by atoms with E-state index in [1.165, 1.54) is 16.5 Å². The Morgan fingerprint density at radius 2 is 1.76 bits per heavy atom. The summed E-state index contributed by atoms with van der Waals surface area (Å²) >= 11 is 0. The third kappa shape index (κ3) is 4.75. The highest BCUT2D eigenvalue weighted by molar-refractivity contribution is 5.79. The first-order valence-electron chi connectivity index (χ1n) is 11.8. The summed E-state index contributed by atoms with van der Waals surface area (Å²) in [5, 5.41) is 9.32. The number of likely N-dealkylation sites (tertiary alicyclic amines) is 2. The lowest BCUT2D eigenvalue weighted by Gasteiger charge is -2.41. The molecule has 0 radical (unpaired) electrons. The van der Waals surface area contributed by atoms with Gasteiger partial charge in [-0.2, -0.15) is 23.5 Å². The molecule has 34 heavy (non-hydrogen) atoms. The summed E-state index contributed by atoms with van der Waals surface area (Å²) in [6.07, 6.45) is 0.0839. The van der Waals surface area contributed by atoms with Crippen LogP contribution in [0.1, 0.15) is 69.9 Å². The minimum atomic E-state index is -2.94. The second-order valence-electron chi connectivity index (χ2n) is 9.41. The van der Waals surface area contributed by atoms with Crippen LogP contribution < -0.4 is 10.6 Å². The van der Waals surface area contributed by atoms with Crippen LogP contribution in [-0.4, -0.2) is 74.3 Å². The van der Waals surface area contributed by atoms with Gasteiger partial charge >= 0.3 is 6.43 Å². The highest BCUT2D eigenvalue weighted by Crippen LogP contribution is 2.30. The molecule has 4 rings (SSSR count). The highest BCUT2D eigenvalue weighted by atomic mass is 19.3. The quantitative estimate of drug-likeness (QED) is 0.654. The number of hydrogen-bond donors (Lipinski definition) is 0. The number of carbonyl (C=O) groups is 1. The Balaban J connectivity index is 1.40. The van der Waals surface area contributed by atoms with Gasteiger partial charge in [-0.15, -0.1) is 0 Å². The fourth-order valence-corrected chi connectivity index (χ4v) is 5.01. The largest absolute Gasteiger partial charge is 0.338 e. The summed E-state index contributed by atoms with van der Waals surface area (Å²) in [5.74, 6) is -0.639. The smallest absolute Gasteiger partial charge is 0.315 e. The third-order valence-corrected chi connectivity index (χ3v) is 6.87. The molecule has 2 aromatic heterocycles. The van der Waals surface area contributed by atoms with Crippen molar-refractivity contribution in [2.24, 2.45) is 0 Å². The number of piperidine rings is 2. The van der Waals surface area contributed by atoms with Crippen molar-refractivity contribution in [1.29, 1.82) is 0 Å². The molecular formula is C23H31F3N6O2. The SMILES string of the molecule is C=c1c(C(C)C)nn(-c2noc(C3CCN(C4CCN(C(=O)C(F)F)CC4)CC3)n2)c1=C(C)F. The Labute approximate surface area is 196 Å². The molecule has 4 heterocycles. The first-order valence-corrected chi connectivity index (χ1v) is 11.8. The van der Waals surface area contributed by atoms with E-state index in [-0.39, 0.29) is 29.2 Å². The molecule has 186 valence electrons. The average Bonchev–Trinajstić information content (AvgIpc) is 3.43. The lowest BCUT2D eigenvalue weighted by Crippen LogP contribution is -2.49. The summed E-state index contributed by atoms with van der Waals surface area (Å²) in [6.45, 7) is 11.7. The van der Waals surface area contributed by atoms with E-state index in [4.69, 9.17) is 4.52 Å². The standard InChI is InChI=1S/C23H31F3N6O2/c1-13(2)18-14(3)19(15(4)24)32(28-18)23-27-21(34-29-23)16-5-9-30(10-6-16)17-7-11-31(12-8-17)22(33)20(25)26/h13,16-17,20H,3,5-12H2,1-2,4H3. The van der Waals surface area contributed by atoms with Gasteiger partial charge < -0.3 is 14.3 Å². The number of amides is 1. The Morgan fingerprint density at radius 1 is 1.12 bits per heavy atom. The van der Waals surface area contributed by atoms with Gasteiger partial charge in [0.1, 0.15) is 11.2 Å². The molecule has 2 saturated heterocycles. The molecule has 11 heteroatoms. The lowest BCUT2D eigenvalue weighted by atomic mass is 9.93. The fraction of sp³-hybridized carbons (Fsp3) is 0.652. The van der Waals surface area contributed by atoms with Crippen molar-refractivity contribution in [3.05, 3.63) is 22.2 Å². The van der Waals surface area contributed by atoms with Gasteiger partial charge in [0, 0.05) is 30.3 Å². The molecule has 0 aliphatic carbocycles. The molecule has 2 aliphatic rings. The van der Waals surface area contributed by atoms with Gasteiger partial charge in [0.2, 0.25) is 5.89 Å². The number of nitrogens with zero attached hydrogens (tertiary/aromatic N) is 6. The van der Waals surface area contributed by atoms with E-state index < -0.39 is 18.2 Å². The van der Waals surface area contributed by atoms with Crippen molar-refractivity contribution >= 4 is 18.3 Å². The molecule has 0 atom stereocenters. The molecule has 0 bridgehead atoms. The first-order chi connectivity index (χ1) is 16.2. The van der Waals surface area contributed by atoms with Crippen LogP contribution in [0.15, 0.2) is 4.52 Å². The molecule has 2 aromatic rings.